The van der Waals surface area contributed by atoms with Crippen LogP contribution in [0.3, 0.4) is 0 Å². The van der Waals surface area contributed by atoms with Gasteiger partial charge >= 0.3 is 0 Å². The number of nitrogen functional groups attached to an aromatic ring is 1. The molecule has 1 saturated heterocycles. The molecular formula is C15H20N4S. The summed E-state index contributed by atoms with van der Waals surface area (Å²) in [4.78, 5) is 6.65. The molecule has 0 aromatic carbocycles. The van der Waals surface area contributed by atoms with Crippen LogP contribution >= 0.6 is 11.5 Å². The maximum absolute atomic E-state index is 6.09. The first kappa shape index (κ1) is 13.4. The van der Waals surface area contributed by atoms with Crippen molar-refractivity contribution < 1.29 is 0 Å². The SMILES string of the molecule is CCC1CCCN(c2snc(N)c2-c2cccnc2)C1. The highest BCUT2D eigenvalue weighted by molar-refractivity contribution is 7.11. The summed E-state index contributed by atoms with van der Waals surface area (Å²) in [5.41, 5.74) is 8.21. The maximum Gasteiger partial charge on any atom is 0.147 e. The molecule has 1 atom stereocenters. The fourth-order valence-corrected chi connectivity index (χ4v) is 3.74. The minimum absolute atomic E-state index is 0.622. The molecular weight excluding hydrogens is 268 g/mol. The molecule has 0 radical (unpaired) electrons. The van der Waals surface area contributed by atoms with E-state index in [2.05, 4.69) is 27.2 Å². The molecule has 1 aliphatic rings. The van der Waals surface area contributed by atoms with Gasteiger partial charge in [0.15, 0.2) is 0 Å². The van der Waals surface area contributed by atoms with Crippen LogP contribution in [0.2, 0.25) is 0 Å². The third kappa shape index (κ3) is 2.50. The number of nitrogens with zero attached hydrogens (tertiary/aromatic N) is 3. The lowest BCUT2D eigenvalue weighted by Gasteiger charge is -2.33. The number of piperidine rings is 1. The second-order valence-corrected chi connectivity index (χ2v) is 6.10. The summed E-state index contributed by atoms with van der Waals surface area (Å²) in [5, 5.41) is 1.20. The minimum atomic E-state index is 0.622. The summed E-state index contributed by atoms with van der Waals surface area (Å²) in [7, 11) is 0. The van der Waals surface area contributed by atoms with Crippen molar-refractivity contribution in [2.75, 3.05) is 23.7 Å². The first-order chi connectivity index (χ1) is 9.79. The Bertz CT molecular complexity index is 567. The van der Waals surface area contributed by atoms with Crippen molar-refractivity contribution in [3.63, 3.8) is 0 Å². The highest BCUT2D eigenvalue weighted by Gasteiger charge is 2.24. The number of anilines is 2. The number of nitrogens with two attached hydrogens (primary N) is 1. The van der Waals surface area contributed by atoms with E-state index in [1.165, 1.54) is 35.8 Å². The number of pyridine rings is 1. The van der Waals surface area contributed by atoms with Crippen LogP contribution in [0.5, 0.6) is 0 Å². The first-order valence-corrected chi connectivity index (χ1v) is 7.97. The fourth-order valence-electron chi connectivity index (χ4n) is 2.87. The van der Waals surface area contributed by atoms with Crippen LogP contribution in [0.15, 0.2) is 24.5 Å². The van der Waals surface area contributed by atoms with Crippen molar-refractivity contribution in [2.24, 2.45) is 5.92 Å². The molecule has 4 nitrogen and oxygen atoms in total. The summed E-state index contributed by atoms with van der Waals surface area (Å²) in [6.45, 7) is 4.49. The third-order valence-electron chi connectivity index (χ3n) is 4.03. The van der Waals surface area contributed by atoms with Crippen molar-refractivity contribution in [1.82, 2.24) is 9.36 Å². The van der Waals surface area contributed by atoms with Gasteiger partial charge in [0.25, 0.3) is 0 Å². The molecule has 0 aliphatic carbocycles. The summed E-state index contributed by atoms with van der Waals surface area (Å²) < 4.78 is 4.37. The van der Waals surface area contributed by atoms with E-state index in [0.29, 0.717) is 5.82 Å². The Hall–Kier alpha value is -1.62. The lowest BCUT2D eigenvalue weighted by Crippen LogP contribution is -2.34. The van der Waals surface area contributed by atoms with Crippen molar-refractivity contribution in [3.05, 3.63) is 24.5 Å². The third-order valence-corrected chi connectivity index (χ3v) is 4.96. The Balaban J connectivity index is 1.95. The zero-order chi connectivity index (χ0) is 13.9. The molecule has 3 heterocycles. The molecule has 0 bridgehead atoms. The number of hydrogen-bond acceptors (Lipinski definition) is 5. The topological polar surface area (TPSA) is 55.0 Å². The van der Waals surface area contributed by atoms with Crippen molar-refractivity contribution in [1.29, 1.82) is 0 Å². The molecule has 2 aromatic heterocycles. The van der Waals surface area contributed by atoms with Gasteiger partial charge < -0.3 is 10.6 Å². The standard InChI is InChI=1S/C15H20N4S/c1-2-11-5-4-8-19(10-11)15-13(14(16)18-20-15)12-6-3-7-17-9-12/h3,6-7,9,11H,2,4-5,8,10H2,1H3,(H2,16,18). The van der Waals surface area contributed by atoms with Crippen LogP contribution in [0.4, 0.5) is 10.8 Å². The van der Waals surface area contributed by atoms with Crippen LogP contribution < -0.4 is 10.6 Å². The number of rotatable bonds is 3. The maximum atomic E-state index is 6.09. The Morgan fingerprint density at radius 1 is 1.50 bits per heavy atom. The smallest absolute Gasteiger partial charge is 0.147 e. The monoisotopic (exact) mass is 288 g/mol. The predicted molar refractivity (Wildman–Crippen MR) is 85.0 cm³/mol. The molecule has 2 aromatic rings. The summed E-state index contributed by atoms with van der Waals surface area (Å²) in [6.07, 6.45) is 7.48. The van der Waals surface area contributed by atoms with Crippen LogP contribution in [0, 0.1) is 5.92 Å². The minimum Gasteiger partial charge on any atom is -0.382 e. The largest absolute Gasteiger partial charge is 0.382 e. The normalized spacial score (nSPS) is 19.2. The quantitative estimate of drug-likeness (QED) is 0.940. The van der Waals surface area contributed by atoms with Crippen molar-refractivity contribution in [3.8, 4) is 11.1 Å². The molecule has 0 amide bonds. The molecule has 1 aliphatic heterocycles. The Kier molecular flexibility index (Phi) is 3.87. The van der Waals surface area contributed by atoms with Gasteiger partial charge in [-0.3, -0.25) is 4.98 Å². The van der Waals surface area contributed by atoms with E-state index in [0.717, 1.165) is 30.1 Å². The van der Waals surface area contributed by atoms with E-state index in [1.54, 1.807) is 6.20 Å². The van der Waals surface area contributed by atoms with Gasteiger partial charge in [-0.1, -0.05) is 19.4 Å². The highest BCUT2D eigenvalue weighted by atomic mass is 32.1. The first-order valence-electron chi connectivity index (χ1n) is 7.20. The number of aromatic nitrogens is 2. The Labute approximate surface area is 123 Å². The lowest BCUT2D eigenvalue weighted by atomic mass is 9.95. The van der Waals surface area contributed by atoms with Crippen LogP contribution in [-0.2, 0) is 0 Å². The van der Waals surface area contributed by atoms with Crippen molar-refractivity contribution in [2.45, 2.75) is 26.2 Å². The van der Waals surface area contributed by atoms with Crippen LogP contribution in [0.25, 0.3) is 11.1 Å². The van der Waals surface area contributed by atoms with Gasteiger partial charge in [-0.15, -0.1) is 0 Å². The van der Waals surface area contributed by atoms with Crippen molar-refractivity contribution >= 4 is 22.4 Å². The number of hydrogen-bond donors (Lipinski definition) is 1. The second-order valence-electron chi connectivity index (χ2n) is 5.35. The average molecular weight is 288 g/mol. The summed E-state index contributed by atoms with van der Waals surface area (Å²) >= 11 is 1.51. The van der Waals surface area contributed by atoms with Gasteiger partial charge in [0, 0.05) is 31.0 Å². The average Bonchev–Trinajstić information content (AvgIpc) is 2.90. The van der Waals surface area contributed by atoms with Gasteiger partial charge in [-0.25, -0.2) is 0 Å². The predicted octanol–water partition coefficient (Wildman–Crippen LogP) is 3.41. The molecule has 5 heteroatoms. The molecule has 1 unspecified atom stereocenters. The van der Waals surface area contributed by atoms with Gasteiger partial charge in [0.05, 0.1) is 5.56 Å². The molecule has 1 fully saturated rings. The van der Waals surface area contributed by atoms with Gasteiger partial charge in [0.2, 0.25) is 0 Å². The summed E-state index contributed by atoms with van der Waals surface area (Å²) in [5.74, 6) is 1.41. The molecule has 2 N–H and O–H groups in total. The highest BCUT2D eigenvalue weighted by Crippen LogP contribution is 2.40. The zero-order valence-electron chi connectivity index (χ0n) is 11.7. The fraction of sp³-hybridized carbons (Fsp3) is 0.467. The van der Waals surface area contributed by atoms with Gasteiger partial charge in [-0.05, 0) is 36.4 Å². The van der Waals surface area contributed by atoms with E-state index >= 15 is 0 Å². The van der Waals surface area contributed by atoms with E-state index in [-0.39, 0.29) is 0 Å². The van der Waals surface area contributed by atoms with E-state index in [1.807, 2.05) is 12.3 Å². The van der Waals surface area contributed by atoms with Crippen LogP contribution in [-0.4, -0.2) is 22.4 Å². The second kappa shape index (κ2) is 5.79. The Morgan fingerprint density at radius 3 is 3.15 bits per heavy atom. The van der Waals surface area contributed by atoms with Gasteiger partial charge in [0.1, 0.15) is 10.8 Å². The van der Waals surface area contributed by atoms with E-state index in [9.17, 15) is 0 Å². The van der Waals surface area contributed by atoms with E-state index in [4.69, 9.17) is 5.73 Å². The van der Waals surface area contributed by atoms with Gasteiger partial charge in [-0.2, -0.15) is 4.37 Å². The lowest BCUT2D eigenvalue weighted by molar-refractivity contribution is 0.406. The van der Waals surface area contributed by atoms with Crippen LogP contribution in [0.1, 0.15) is 26.2 Å². The Morgan fingerprint density at radius 2 is 2.40 bits per heavy atom. The summed E-state index contributed by atoms with van der Waals surface area (Å²) in [6, 6.07) is 4.00. The molecule has 106 valence electrons. The zero-order valence-corrected chi connectivity index (χ0v) is 12.6. The molecule has 0 saturated carbocycles. The molecule has 3 rings (SSSR count). The molecule has 20 heavy (non-hydrogen) atoms. The molecule has 0 spiro atoms. The van der Waals surface area contributed by atoms with E-state index < -0.39 is 0 Å².